The van der Waals surface area contributed by atoms with Crippen molar-refractivity contribution in [1.29, 1.82) is 0 Å². The quantitative estimate of drug-likeness (QED) is 0.899. The van der Waals surface area contributed by atoms with Crippen LogP contribution in [-0.4, -0.2) is 43.2 Å². The molecular weight excluding hydrogens is 312 g/mol. The minimum absolute atomic E-state index is 0.0949. The molecule has 2 heterocycles. The van der Waals surface area contributed by atoms with Crippen molar-refractivity contribution in [3.8, 4) is 0 Å². The molecule has 126 valence electrons. The first kappa shape index (κ1) is 16.7. The van der Waals surface area contributed by atoms with E-state index in [1.165, 1.54) is 5.56 Å². The average molecular weight is 337 g/mol. The number of hydrogen-bond acceptors (Lipinski definition) is 3. The maximum absolute atomic E-state index is 12.4. The molecule has 0 aromatic heterocycles. The highest BCUT2D eigenvalue weighted by atomic mass is 35.5. The zero-order chi connectivity index (χ0) is 16.1. The zero-order valence-corrected chi connectivity index (χ0v) is 14.2. The van der Waals surface area contributed by atoms with Crippen LogP contribution in [0, 0.1) is 5.92 Å². The second kappa shape index (κ2) is 8.13. The smallest absolute Gasteiger partial charge is 0.224 e. The van der Waals surface area contributed by atoms with E-state index in [1.54, 1.807) is 0 Å². The van der Waals surface area contributed by atoms with Crippen molar-refractivity contribution < 1.29 is 9.53 Å². The van der Waals surface area contributed by atoms with Gasteiger partial charge in [0.05, 0.1) is 12.0 Å². The van der Waals surface area contributed by atoms with E-state index in [0.29, 0.717) is 6.54 Å². The van der Waals surface area contributed by atoms with Gasteiger partial charge in [0, 0.05) is 31.3 Å². The van der Waals surface area contributed by atoms with Crippen LogP contribution in [-0.2, 0) is 16.1 Å². The normalized spacial score (nSPS) is 25.4. The molecule has 1 amide bonds. The van der Waals surface area contributed by atoms with Crippen LogP contribution in [0.5, 0.6) is 0 Å². The van der Waals surface area contributed by atoms with E-state index in [2.05, 4.69) is 22.3 Å². The summed E-state index contributed by atoms with van der Waals surface area (Å²) in [5.41, 5.74) is 1.25. The van der Waals surface area contributed by atoms with Crippen molar-refractivity contribution in [3.63, 3.8) is 0 Å². The predicted octanol–water partition coefficient (Wildman–Crippen LogP) is 2.85. The standard InChI is InChI=1S/C18H25ClN2O2/c19-16-7-5-14(6-8-16)12-21-9-1-3-15(13-21)18(22)20-11-17-4-2-10-23-17/h5-8,15,17H,1-4,9-13H2,(H,20,22)/t15-,17-/m1/s1. The van der Waals surface area contributed by atoms with Crippen LogP contribution >= 0.6 is 11.6 Å². The fourth-order valence-electron chi connectivity index (χ4n) is 3.43. The van der Waals surface area contributed by atoms with Crippen molar-refractivity contribution in [3.05, 3.63) is 34.9 Å². The maximum Gasteiger partial charge on any atom is 0.224 e. The zero-order valence-electron chi connectivity index (χ0n) is 13.5. The minimum Gasteiger partial charge on any atom is -0.376 e. The van der Waals surface area contributed by atoms with Crippen LogP contribution < -0.4 is 5.32 Å². The predicted molar refractivity (Wildman–Crippen MR) is 91.4 cm³/mol. The summed E-state index contributed by atoms with van der Waals surface area (Å²) in [5, 5.41) is 3.84. The summed E-state index contributed by atoms with van der Waals surface area (Å²) in [6, 6.07) is 7.96. The summed E-state index contributed by atoms with van der Waals surface area (Å²) < 4.78 is 5.56. The monoisotopic (exact) mass is 336 g/mol. The molecule has 0 unspecified atom stereocenters. The van der Waals surface area contributed by atoms with Gasteiger partial charge >= 0.3 is 0 Å². The first-order chi connectivity index (χ1) is 11.2. The van der Waals surface area contributed by atoms with Gasteiger partial charge in [-0.2, -0.15) is 0 Å². The van der Waals surface area contributed by atoms with E-state index in [0.717, 1.165) is 56.9 Å². The van der Waals surface area contributed by atoms with Crippen LogP contribution in [0.25, 0.3) is 0 Å². The van der Waals surface area contributed by atoms with Gasteiger partial charge in [-0.1, -0.05) is 23.7 Å². The number of piperidine rings is 1. The molecule has 1 N–H and O–H groups in total. The van der Waals surface area contributed by atoms with E-state index in [9.17, 15) is 4.79 Å². The van der Waals surface area contributed by atoms with Gasteiger partial charge in [-0.05, 0) is 49.9 Å². The molecule has 4 nitrogen and oxygen atoms in total. The summed E-state index contributed by atoms with van der Waals surface area (Å²) >= 11 is 5.93. The Hall–Kier alpha value is -1.10. The first-order valence-electron chi connectivity index (χ1n) is 8.57. The van der Waals surface area contributed by atoms with E-state index < -0.39 is 0 Å². The Morgan fingerprint density at radius 1 is 1.26 bits per heavy atom. The van der Waals surface area contributed by atoms with Crippen LogP contribution in [0.15, 0.2) is 24.3 Å². The van der Waals surface area contributed by atoms with Crippen LogP contribution in [0.4, 0.5) is 0 Å². The molecule has 23 heavy (non-hydrogen) atoms. The van der Waals surface area contributed by atoms with Gasteiger partial charge in [0.25, 0.3) is 0 Å². The number of benzene rings is 1. The van der Waals surface area contributed by atoms with Gasteiger partial charge in [-0.15, -0.1) is 0 Å². The molecule has 2 atom stereocenters. The van der Waals surface area contributed by atoms with Crippen LogP contribution in [0.3, 0.4) is 0 Å². The molecule has 2 saturated heterocycles. The highest BCUT2D eigenvalue weighted by molar-refractivity contribution is 6.30. The summed E-state index contributed by atoms with van der Waals surface area (Å²) in [4.78, 5) is 14.8. The number of likely N-dealkylation sites (tertiary alicyclic amines) is 1. The summed E-state index contributed by atoms with van der Waals surface area (Å²) in [6.07, 6.45) is 4.44. The molecule has 2 aliphatic heterocycles. The third kappa shape index (κ3) is 4.93. The van der Waals surface area contributed by atoms with Crippen LogP contribution in [0.1, 0.15) is 31.2 Å². The fraction of sp³-hybridized carbons (Fsp3) is 0.611. The molecule has 5 heteroatoms. The Morgan fingerprint density at radius 3 is 2.83 bits per heavy atom. The molecular formula is C18H25ClN2O2. The molecule has 2 fully saturated rings. The molecule has 0 radical (unpaired) electrons. The molecule has 0 bridgehead atoms. The van der Waals surface area contributed by atoms with Crippen molar-refractivity contribution in [2.75, 3.05) is 26.2 Å². The highest BCUT2D eigenvalue weighted by Crippen LogP contribution is 2.20. The Labute approximate surface area is 143 Å². The summed E-state index contributed by atoms with van der Waals surface area (Å²) in [6.45, 7) is 4.26. The molecule has 1 aromatic carbocycles. The Morgan fingerprint density at radius 2 is 2.09 bits per heavy atom. The van der Waals surface area contributed by atoms with Crippen molar-refractivity contribution in [2.24, 2.45) is 5.92 Å². The Balaban J connectivity index is 1.46. The molecule has 0 spiro atoms. The summed E-state index contributed by atoms with van der Waals surface area (Å²) in [7, 11) is 0. The second-order valence-electron chi connectivity index (χ2n) is 6.58. The minimum atomic E-state index is 0.0949. The fourth-order valence-corrected chi connectivity index (χ4v) is 3.55. The topological polar surface area (TPSA) is 41.6 Å². The lowest BCUT2D eigenvalue weighted by molar-refractivity contribution is -0.127. The average Bonchev–Trinajstić information content (AvgIpc) is 3.08. The number of nitrogens with one attached hydrogen (secondary N) is 1. The van der Waals surface area contributed by atoms with Gasteiger partial charge in [0.2, 0.25) is 5.91 Å². The van der Waals surface area contributed by atoms with E-state index in [-0.39, 0.29) is 17.9 Å². The number of hydrogen-bond donors (Lipinski definition) is 1. The first-order valence-corrected chi connectivity index (χ1v) is 8.94. The van der Waals surface area contributed by atoms with Gasteiger partial charge < -0.3 is 10.1 Å². The lowest BCUT2D eigenvalue weighted by Gasteiger charge is -2.32. The number of carbonyl (C=O) groups is 1. The van der Waals surface area contributed by atoms with Crippen molar-refractivity contribution in [1.82, 2.24) is 10.2 Å². The van der Waals surface area contributed by atoms with Crippen LogP contribution in [0.2, 0.25) is 5.02 Å². The van der Waals surface area contributed by atoms with Gasteiger partial charge in [0.15, 0.2) is 0 Å². The number of rotatable bonds is 5. The SMILES string of the molecule is O=C(NC[C@H]1CCCO1)[C@@H]1CCCN(Cc2ccc(Cl)cc2)C1. The van der Waals surface area contributed by atoms with Gasteiger partial charge in [-0.3, -0.25) is 9.69 Å². The number of amides is 1. The Kier molecular flexibility index (Phi) is 5.92. The largest absolute Gasteiger partial charge is 0.376 e. The number of halogens is 1. The number of nitrogens with zero attached hydrogens (tertiary/aromatic N) is 1. The van der Waals surface area contributed by atoms with Crippen molar-refractivity contribution in [2.45, 2.75) is 38.3 Å². The maximum atomic E-state index is 12.4. The third-order valence-corrected chi connectivity index (χ3v) is 4.98. The second-order valence-corrected chi connectivity index (χ2v) is 7.02. The lowest BCUT2D eigenvalue weighted by atomic mass is 9.96. The van der Waals surface area contributed by atoms with Crippen molar-refractivity contribution >= 4 is 17.5 Å². The highest BCUT2D eigenvalue weighted by Gasteiger charge is 2.26. The molecule has 2 aliphatic rings. The van der Waals surface area contributed by atoms with Gasteiger partial charge in [-0.25, -0.2) is 0 Å². The van der Waals surface area contributed by atoms with E-state index in [1.807, 2.05) is 12.1 Å². The number of carbonyl (C=O) groups excluding carboxylic acids is 1. The van der Waals surface area contributed by atoms with E-state index >= 15 is 0 Å². The molecule has 0 aliphatic carbocycles. The Bertz CT molecular complexity index is 514. The van der Waals surface area contributed by atoms with E-state index in [4.69, 9.17) is 16.3 Å². The molecule has 1 aromatic rings. The number of ether oxygens (including phenoxy) is 1. The molecule has 3 rings (SSSR count). The van der Waals surface area contributed by atoms with Gasteiger partial charge in [0.1, 0.15) is 0 Å². The third-order valence-electron chi connectivity index (χ3n) is 4.72. The lowest BCUT2D eigenvalue weighted by Crippen LogP contribution is -2.44. The summed E-state index contributed by atoms with van der Waals surface area (Å²) in [5.74, 6) is 0.277. The molecule has 0 saturated carbocycles.